The highest BCUT2D eigenvalue weighted by atomic mass is 32.1. The summed E-state index contributed by atoms with van der Waals surface area (Å²) in [5.74, 6) is -0.224. The van der Waals surface area contributed by atoms with Crippen LogP contribution in [0.2, 0.25) is 0 Å². The fraction of sp³-hybridized carbons (Fsp3) is 0.538. The maximum Gasteiger partial charge on any atom is 0.410 e. The second-order valence-electron chi connectivity index (χ2n) is 10.3. The number of hydrogen-bond acceptors (Lipinski definition) is 8. The van der Waals surface area contributed by atoms with E-state index in [1.165, 1.54) is 11.5 Å². The summed E-state index contributed by atoms with van der Waals surface area (Å²) < 4.78 is 9.96. The SMILES string of the molecule is CC(C)CC(C(N)=O)N(CC#N)c1sncc1-c1ccccc1N1CCN(C(=O)OC(C)(C)C)CC1. The van der Waals surface area contributed by atoms with Gasteiger partial charge in [0.2, 0.25) is 5.91 Å². The molecule has 0 saturated carbocycles. The van der Waals surface area contributed by atoms with Crippen molar-refractivity contribution >= 4 is 34.2 Å². The predicted molar refractivity (Wildman–Crippen MR) is 143 cm³/mol. The summed E-state index contributed by atoms with van der Waals surface area (Å²) in [5.41, 5.74) is 8.08. The summed E-state index contributed by atoms with van der Waals surface area (Å²) in [7, 11) is 0. The standard InChI is InChI=1S/C26H36N6O3S/c1-18(2)16-22(23(28)33)32(11-10-27)24-20(17-29-36-24)19-8-6-7-9-21(19)30-12-14-31(15-13-30)25(34)35-26(3,4)5/h6-9,17-18,22H,11-16H2,1-5H3,(H2,28,33). The molecular weight excluding hydrogens is 476 g/mol. The Bertz CT molecular complexity index is 1100. The Morgan fingerprint density at radius 3 is 2.44 bits per heavy atom. The molecule has 0 radical (unpaired) electrons. The van der Waals surface area contributed by atoms with E-state index >= 15 is 0 Å². The van der Waals surface area contributed by atoms with Crippen molar-refractivity contribution in [2.45, 2.75) is 52.7 Å². The van der Waals surface area contributed by atoms with Crippen molar-refractivity contribution in [1.82, 2.24) is 9.27 Å². The molecule has 2 heterocycles. The molecular formula is C26H36N6O3S. The van der Waals surface area contributed by atoms with Crippen molar-refractivity contribution in [2.24, 2.45) is 11.7 Å². The van der Waals surface area contributed by atoms with Gasteiger partial charge in [-0.3, -0.25) is 4.79 Å². The first-order valence-electron chi connectivity index (χ1n) is 12.2. The van der Waals surface area contributed by atoms with E-state index in [-0.39, 0.29) is 18.6 Å². The van der Waals surface area contributed by atoms with E-state index in [9.17, 15) is 14.9 Å². The number of hydrogen-bond donors (Lipinski definition) is 1. The number of para-hydroxylation sites is 1. The van der Waals surface area contributed by atoms with Gasteiger partial charge in [0, 0.05) is 43.0 Å². The third-order valence-electron chi connectivity index (χ3n) is 5.92. The summed E-state index contributed by atoms with van der Waals surface area (Å²) in [4.78, 5) is 30.6. The van der Waals surface area contributed by atoms with Crippen LogP contribution in [0.25, 0.3) is 11.1 Å². The van der Waals surface area contributed by atoms with Crippen molar-refractivity contribution in [3.8, 4) is 17.2 Å². The Balaban J connectivity index is 1.89. The minimum absolute atomic E-state index is 0.0340. The molecule has 2 amide bonds. The van der Waals surface area contributed by atoms with E-state index < -0.39 is 17.6 Å². The third-order valence-corrected chi connectivity index (χ3v) is 6.76. The quantitative estimate of drug-likeness (QED) is 0.530. The van der Waals surface area contributed by atoms with Crippen molar-refractivity contribution in [3.05, 3.63) is 30.5 Å². The van der Waals surface area contributed by atoms with Gasteiger partial charge in [0.25, 0.3) is 0 Å². The van der Waals surface area contributed by atoms with Gasteiger partial charge in [-0.15, -0.1) is 0 Å². The molecule has 1 aromatic carbocycles. The molecule has 0 aliphatic carbocycles. The fourth-order valence-corrected chi connectivity index (χ4v) is 5.12. The van der Waals surface area contributed by atoms with Crippen LogP contribution < -0.4 is 15.5 Å². The lowest BCUT2D eigenvalue weighted by Crippen LogP contribution is -2.50. The van der Waals surface area contributed by atoms with Crippen LogP contribution in [0.4, 0.5) is 15.5 Å². The molecule has 1 aliphatic heterocycles. The highest BCUT2D eigenvalue weighted by Gasteiger charge is 2.31. The van der Waals surface area contributed by atoms with E-state index in [0.717, 1.165) is 21.8 Å². The van der Waals surface area contributed by atoms with Gasteiger partial charge in [-0.1, -0.05) is 32.0 Å². The smallest absolute Gasteiger partial charge is 0.410 e. The van der Waals surface area contributed by atoms with E-state index in [4.69, 9.17) is 10.5 Å². The molecule has 2 aromatic rings. The number of aromatic nitrogens is 1. The normalized spacial score (nSPS) is 14.9. The summed E-state index contributed by atoms with van der Waals surface area (Å²) >= 11 is 1.26. The number of carbonyl (C=O) groups is 2. The van der Waals surface area contributed by atoms with Gasteiger partial charge in [0.15, 0.2) is 0 Å². The average Bonchev–Trinajstić information content (AvgIpc) is 3.29. The molecule has 194 valence electrons. The van der Waals surface area contributed by atoms with Crippen LogP contribution in [-0.2, 0) is 9.53 Å². The molecule has 10 heteroatoms. The molecule has 1 unspecified atom stereocenters. The van der Waals surface area contributed by atoms with Gasteiger partial charge >= 0.3 is 6.09 Å². The number of piperazine rings is 1. The van der Waals surface area contributed by atoms with Crippen LogP contribution in [-0.4, -0.2) is 65.6 Å². The Hall–Kier alpha value is -3.32. The molecule has 9 nitrogen and oxygen atoms in total. The number of anilines is 2. The lowest BCUT2D eigenvalue weighted by Gasteiger charge is -2.37. The minimum Gasteiger partial charge on any atom is -0.444 e. The van der Waals surface area contributed by atoms with Crippen molar-refractivity contribution in [3.63, 3.8) is 0 Å². The number of rotatable bonds is 8. The largest absolute Gasteiger partial charge is 0.444 e. The van der Waals surface area contributed by atoms with E-state index in [0.29, 0.717) is 32.6 Å². The number of benzene rings is 1. The zero-order valence-electron chi connectivity index (χ0n) is 21.7. The van der Waals surface area contributed by atoms with Crippen molar-refractivity contribution in [1.29, 1.82) is 5.26 Å². The first-order chi connectivity index (χ1) is 17.0. The van der Waals surface area contributed by atoms with E-state index in [1.54, 1.807) is 16.0 Å². The molecule has 3 rings (SSSR count). The summed E-state index contributed by atoms with van der Waals surface area (Å²) in [6.45, 7) is 12.1. The third kappa shape index (κ3) is 6.66. The predicted octanol–water partition coefficient (Wildman–Crippen LogP) is 4.10. The number of nitrogens with two attached hydrogens (primary N) is 1. The number of primary amides is 1. The second-order valence-corrected chi connectivity index (χ2v) is 11.1. The lowest BCUT2D eigenvalue weighted by molar-refractivity contribution is -0.119. The Kier molecular flexibility index (Phi) is 8.79. The molecule has 1 atom stereocenters. The van der Waals surface area contributed by atoms with Crippen LogP contribution in [0.5, 0.6) is 0 Å². The topological polar surface area (TPSA) is 116 Å². The van der Waals surface area contributed by atoms with Crippen molar-refractivity contribution in [2.75, 3.05) is 42.5 Å². The first kappa shape index (κ1) is 27.3. The Morgan fingerprint density at radius 2 is 1.86 bits per heavy atom. The molecule has 1 saturated heterocycles. The zero-order chi connectivity index (χ0) is 26.5. The van der Waals surface area contributed by atoms with Crippen LogP contribution in [0.3, 0.4) is 0 Å². The fourth-order valence-electron chi connectivity index (χ4n) is 4.30. The van der Waals surface area contributed by atoms with Gasteiger partial charge in [0.05, 0.1) is 12.3 Å². The van der Waals surface area contributed by atoms with E-state index in [1.807, 2.05) is 58.9 Å². The van der Waals surface area contributed by atoms with Crippen LogP contribution >= 0.6 is 11.5 Å². The molecule has 0 spiro atoms. The zero-order valence-corrected chi connectivity index (χ0v) is 22.5. The van der Waals surface area contributed by atoms with Crippen LogP contribution in [0, 0.1) is 17.2 Å². The number of ether oxygens (including phenoxy) is 1. The van der Waals surface area contributed by atoms with Crippen molar-refractivity contribution < 1.29 is 14.3 Å². The number of amides is 2. The Morgan fingerprint density at radius 1 is 1.19 bits per heavy atom. The number of nitriles is 1. The van der Waals surface area contributed by atoms with E-state index in [2.05, 4.69) is 15.3 Å². The highest BCUT2D eigenvalue weighted by molar-refractivity contribution is 7.10. The molecule has 2 N–H and O–H groups in total. The molecule has 1 fully saturated rings. The van der Waals surface area contributed by atoms with Crippen LogP contribution in [0.1, 0.15) is 41.0 Å². The number of carbonyl (C=O) groups excluding carboxylic acids is 2. The van der Waals surface area contributed by atoms with Crippen LogP contribution in [0.15, 0.2) is 30.5 Å². The lowest BCUT2D eigenvalue weighted by atomic mass is 10.0. The van der Waals surface area contributed by atoms with Gasteiger partial charge in [0.1, 0.15) is 23.2 Å². The summed E-state index contributed by atoms with van der Waals surface area (Å²) in [6, 6.07) is 9.61. The maximum atomic E-state index is 12.5. The summed E-state index contributed by atoms with van der Waals surface area (Å²) in [5, 5.41) is 10.3. The molecule has 1 aliphatic rings. The minimum atomic E-state index is -0.603. The monoisotopic (exact) mass is 512 g/mol. The second kappa shape index (κ2) is 11.6. The molecule has 36 heavy (non-hydrogen) atoms. The maximum absolute atomic E-state index is 12.5. The number of nitrogens with zero attached hydrogens (tertiary/aromatic N) is 5. The molecule has 1 aromatic heterocycles. The Labute approximate surface area is 217 Å². The van der Waals surface area contributed by atoms with Gasteiger partial charge in [-0.05, 0) is 50.7 Å². The molecule has 0 bridgehead atoms. The summed E-state index contributed by atoms with van der Waals surface area (Å²) in [6.07, 6.45) is 2.03. The first-order valence-corrected chi connectivity index (χ1v) is 13.0. The highest BCUT2D eigenvalue weighted by Crippen LogP contribution is 2.41. The van der Waals surface area contributed by atoms with Gasteiger partial charge in [-0.25, -0.2) is 4.79 Å². The van der Waals surface area contributed by atoms with Gasteiger partial charge < -0.3 is 25.2 Å². The average molecular weight is 513 g/mol. The van der Waals surface area contributed by atoms with Gasteiger partial charge in [-0.2, -0.15) is 9.64 Å².